The summed E-state index contributed by atoms with van der Waals surface area (Å²) >= 11 is 4.01. The third-order valence-corrected chi connectivity index (χ3v) is 4.65. The number of halogens is 1. The second-order valence-corrected chi connectivity index (χ2v) is 6.47. The number of imide groups is 1. The fourth-order valence-electron chi connectivity index (χ4n) is 1.95. The van der Waals surface area contributed by atoms with Crippen LogP contribution in [0.1, 0.15) is 12.5 Å². The van der Waals surface area contributed by atoms with Gasteiger partial charge < -0.3 is 14.6 Å². The van der Waals surface area contributed by atoms with Gasteiger partial charge in [-0.05, 0) is 42.5 Å². The van der Waals surface area contributed by atoms with Crippen molar-refractivity contribution in [3.05, 3.63) is 27.1 Å². The van der Waals surface area contributed by atoms with Crippen molar-refractivity contribution in [2.75, 3.05) is 20.3 Å². The van der Waals surface area contributed by atoms with Crippen molar-refractivity contribution in [3.63, 3.8) is 0 Å². The summed E-state index contributed by atoms with van der Waals surface area (Å²) in [5, 5.41) is 9.16. The van der Waals surface area contributed by atoms with E-state index in [9.17, 15) is 19.5 Å². The highest BCUT2D eigenvalue weighted by Crippen LogP contribution is 2.37. The smallest absolute Gasteiger partial charge is 0.326 e. The van der Waals surface area contributed by atoms with E-state index in [-0.39, 0.29) is 23.0 Å². The van der Waals surface area contributed by atoms with Crippen LogP contribution in [-0.4, -0.2) is 47.4 Å². The number of esters is 1. The minimum atomic E-state index is -0.645. The number of phenols is 1. The maximum absolute atomic E-state index is 12.3. The number of aromatic hydroxyl groups is 1. The standard InChI is InChI=1S/C15H14BrNO6S/c1-3-23-13(19)7-17-14(20)12(24-15(17)21)5-8-4-11(22-2)10(18)6-9(8)16/h4-6,18H,3,7H2,1-2H3/b12-5+. The zero-order chi connectivity index (χ0) is 17.9. The number of amides is 2. The van der Waals surface area contributed by atoms with Crippen LogP contribution in [0.2, 0.25) is 0 Å². The molecule has 0 bridgehead atoms. The van der Waals surface area contributed by atoms with E-state index < -0.39 is 23.7 Å². The molecule has 1 aliphatic rings. The largest absolute Gasteiger partial charge is 0.504 e. The van der Waals surface area contributed by atoms with Crippen molar-refractivity contribution in [2.45, 2.75) is 6.92 Å². The first-order valence-electron chi connectivity index (χ1n) is 6.84. The number of carbonyl (C=O) groups excluding carboxylic acids is 3. The third kappa shape index (κ3) is 3.90. The first-order chi connectivity index (χ1) is 11.4. The Morgan fingerprint density at radius 1 is 1.42 bits per heavy atom. The molecule has 1 fully saturated rings. The fourth-order valence-corrected chi connectivity index (χ4v) is 3.22. The average molecular weight is 416 g/mol. The topological polar surface area (TPSA) is 93.1 Å². The van der Waals surface area contributed by atoms with Crippen LogP contribution in [0.3, 0.4) is 0 Å². The normalized spacial score (nSPS) is 16.0. The molecule has 9 heteroatoms. The van der Waals surface area contributed by atoms with Crippen LogP contribution >= 0.6 is 27.7 Å². The molecule has 1 heterocycles. The van der Waals surface area contributed by atoms with Crippen LogP contribution in [0.5, 0.6) is 11.5 Å². The van der Waals surface area contributed by atoms with Crippen molar-refractivity contribution in [1.29, 1.82) is 0 Å². The maximum atomic E-state index is 12.3. The molecule has 0 saturated carbocycles. The van der Waals surface area contributed by atoms with Crippen LogP contribution in [0, 0.1) is 0 Å². The van der Waals surface area contributed by atoms with Gasteiger partial charge in [0.1, 0.15) is 6.54 Å². The molecule has 2 rings (SSSR count). The van der Waals surface area contributed by atoms with E-state index in [0.29, 0.717) is 10.0 Å². The molecule has 0 radical (unpaired) electrons. The van der Waals surface area contributed by atoms with Gasteiger partial charge in [0.2, 0.25) is 0 Å². The molecular formula is C15H14BrNO6S. The van der Waals surface area contributed by atoms with Crippen molar-refractivity contribution in [1.82, 2.24) is 4.90 Å². The van der Waals surface area contributed by atoms with E-state index in [1.54, 1.807) is 6.92 Å². The van der Waals surface area contributed by atoms with E-state index in [1.165, 1.54) is 25.3 Å². The van der Waals surface area contributed by atoms with E-state index in [2.05, 4.69) is 15.9 Å². The molecule has 0 spiro atoms. The number of thioether (sulfide) groups is 1. The Morgan fingerprint density at radius 3 is 2.75 bits per heavy atom. The molecule has 2 amide bonds. The fraction of sp³-hybridized carbons (Fsp3) is 0.267. The molecular weight excluding hydrogens is 402 g/mol. The molecule has 1 aliphatic heterocycles. The zero-order valence-electron chi connectivity index (χ0n) is 12.9. The van der Waals surface area contributed by atoms with Crippen LogP contribution in [0.15, 0.2) is 21.5 Å². The van der Waals surface area contributed by atoms with Gasteiger partial charge in [0.25, 0.3) is 11.1 Å². The van der Waals surface area contributed by atoms with E-state index in [4.69, 9.17) is 9.47 Å². The Bertz CT molecular complexity index is 733. The van der Waals surface area contributed by atoms with Crippen LogP contribution in [-0.2, 0) is 14.3 Å². The molecule has 1 aromatic rings. The predicted octanol–water partition coefficient (Wildman–Crippen LogP) is 2.76. The Morgan fingerprint density at radius 2 is 2.12 bits per heavy atom. The molecule has 0 aromatic heterocycles. The van der Waals surface area contributed by atoms with E-state index >= 15 is 0 Å². The highest BCUT2D eigenvalue weighted by molar-refractivity contribution is 9.10. The van der Waals surface area contributed by atoms with Gasteiger partial charge >= 0.3 is 5.97 Å². The van der Waals surface area contributed by atoms with Crippen molar-refractivity contribution in [2.24, 2.45) is 0 Å². The summed E-state index contributed by atoms with van der Waals surface area (Å²) < 4.78 is 10.3. The highest BCUT2D eigenvalue weighted by Gasteiger charge is 2.36. The predicted molar refractivity (Wildman–Crippen MR) is 91.7 cm³/mol. The van der Waals surface area contributed by atoms with Gasteiger partial charge in [0.15, 0.2) is 11.5 Å². The molecule has 0 atom stereocenters. The van der Waals surface area contributed by atoms with Gasteiger partial charge in [-0.15, -0.1) is 0 Å². The van der Waals surface area contributed by atoms with Crippen LogP contribution in [0.4, 0.5) is 4.79 Å². The lowest BCUT2D eigenvalue weighted by molar-refractivity contribution is -0.145. The van der Waals surface area contributed by atoms with E-state index in [1.807, 2.05) is 0 Å². The quantitative estimate of drug-likeness (QED) is 0.583. The number of hydrogen-bond acceptors (Lipinski definition) is 7. The zero-order valence-corrected chi connectivity index (χ0v) is 15.3. The molecule has 24 heavy (non-hydrogen) atoms. The van der Waals surface area contributed by atoms with Crippen LogP contribution < -0.4 is 4.74 Å². The lowest BCUT2D eigenvalue weighted by Crippen LogP contribution is -2.34. The number of hydrogen-bond donors (Lipinski definition) is 1. The second-order valence-electron chi connectivity index (χ2n) is 4.62. The summed E-state index contributed by atoms with van der Waals surface area (Å²) in [6.07, 6.45) is 1.49. The molecule has 0 unspecified atom stereocenters. The highest BCUT2D eigenvalue weighted by atomic mass is 79.9. The monoisotopic (exact) mass is 415 g/mol. The molecule has 1 saturated heterocycles. The van der Waals surface area contributed by atoms with Crippen molar-refractivity contribution < 1.29 is 29.0 Å². The Kier molecular flexibility index (Phi) is 5.89. The molecule has 7 nitrogen and oxygen atoms in total. The summed E-state index contributed by atoms with van der Waals surface area (Å²) in [6.45, 7) is 1.39. The lowest BCUT2D eigenvalue weighted by atomic mass is 10.2. The average Bonchev–Trinajstić information content (AvgIpc) is 2.78. The molecule has 0 aliphatic carbocycles. The second kappa shape index (κ2) is 7.71. The minimum Gasteiger partial charge on any atom is -0.504 e. The summed E-state index contributed by atoms with van der Waals surface area (Å²) in [5.41, 5.74) is 0.547. The Hall–Kier alpha value is -2.00. The molecule has 1 N–H and O–H groups in total. The van der Waals surface area contributed by atoms with Crippen molar-refractivity contribution in [3.8, 4) is 11.5 Å². The first-order valence-corrected chi connectivity index (χ1v) is 8.45. The summed E-state index contributed by atoms with van der Waals surface area (Å²) in [7, 11) is 1.40. The number of phenolic OH excluding ortho intramolecular Hbond substituents is 1. The SMILES string of the molecule is CCOC(=O)CN1C(=O)S/C(=C/c2cc(OC)c(O)cc2Br)C1=O. The maximum Gasteiger partial charge on any atom is 0.326 e. The first kappa shape index (κ1) is 18.3. The van der Waals surface area contributed by atoms with Gasteiger partial charge in [0, 0.05) is 4.47 Å². The number of ether oxygens (including phenoxy) is 2. The van der Waals surface area contributed by atoms with Gasteiger partial charge in [-0.1, -0.05) is 15.9 Å². The third-order valence-electron chi connectivity index (χ3n) is 3.05. The van der Waals surface area contributed by atoms with Gasteiger partial charge in [-0.25, -0.2) is 0 Å². The summed E-state index contributed by atoms with van der Waals surface area (Å²) in [5.74, 6) is -1.04. The molecule has 128 valence electrons. The van der Waals surface area contributed by atoms with Gasteiger partial charge in [-0.3, -0.25) is 19.3 Å². The van der Waals surface area contributed by atoms with Crippen molar-refractivity contribution >= 4 is 50.9 Å². The molecule has 1 aromatic carbocycles. The van der Waals surface area contributed by atoms with E-state index in [0.717, 1.165) is 16.7 Å². The number of methoxy groups -OCH3 is 1. The van der Waals surface area contributed by atoms with Gasteiger partial charge in [-0.2, -0.15) is 0 Å². The minimum absolute atomic E-state index is 0.0584. The van der Waals surface area contributed by atoms with Gasteiger partial charge in [0.05, 0.1) is 18.6 Å². The lowest BCUT2D eigenvalue weighted by Gasteiger charge is -2.11. The number of rotatable bonds is 5. The summed E-state index contributed by atoms with van der Waals surface area (Å²) in [4.78, 5) is 36.7. The summed E-state index contributed by atoms with van der Waals surface area (Å²) in [6, 6.07) is 2.95. The van der Waals surface area contributed by atoms with Crippen LogP contribution in [0.25, 0.3) is 6.08 Å². The Labute approximate surface area is 150 Å². The number of carbonyl (C=O) groups is 3. The number of nitrogens with zero attached hydrogens (tertiary/aromatic N) is 1. The Balaban J connectivity index is 2.27. The number of benzene rings is 1.